The van der Waals surface area contributed by atoms with Gasteiger partial charge >= 0.3 is 11.9 Å². The number of carbonyl (C=O) groups excluding carboxylic acids is 3. The number of amides is 1. The minimum absolute atomic E-state index is 0.0578. The molecular formula is C18H22N2O6. The Bertz CT molecular complexity index is 780. The van der Waals surface area contributed by atoms with E-state index in [1.165, 1.54) is 0 Å². The lowest BCUT2D eigenvalue weighted by Gasteiger charge is -2.28. The monoisotopic (exact) mass is 362 g/mol. The van der Waals surface area contributed by atoms with Crippen LogP contribution < -0.4 is 10.1 Å². The van der Waals surface area contributed by atoms with Gasteiger partial charge in [-0.05, 0) is 25.5 Å². The lowest BCUT2D eigenvalue weighted by molar-refractivity contribution is -0.167. The topological polar surface area (TPSA) is 107 Å². The number of para-hydroxylation sites is 1. The van der Waals surface area contributed by atoms with Crippen LogP contribution in [0.2, 0.25) is 0 Å². The summed E-state index contributed by atoms with van der Waals surface area (Å²) in [7, 11) is 1.55. The van der Waals surface area contributed by atoms with E-state index in [9.17, 15) is 14.4 Å². The molecule has 0 atom stereocenters. The zero-order valence-corrected chi connectivity index (χ0v) is 15.0. The fraction of sp³-hybridized carbons (Fsp3) is 0.389. The van der Waals surface area contributed by atoms with Crippen LogP contribution >= 0.6 is 0 Å². The van der Waals surface area contributed by atoms with Crippen LogP contribution in [0.5, 0.6) is 5.75 Å². The number of rotatable bonds is 9. The summed E-state index contributed by atoms with van der Waals surface area (Å²) in [6, 6.07) is 5.41. The van der Waals surface area contributed by atoms with Crippen molar-refractivity contribution in [3.05, 3.63) is 30.0 Å². The van der Waals surface area contributed by atoms with Gasteiger partial charge in [-0.1, -0.05) is 12.1 Å². The maximum absolute atomic E-state index is 12.6. The van der Waals surface area contributed by atoms with Gasteiger partial charge in [0.1, 0.15) is 5.75 Å². The number of esters is 2. The first-order valence-electron chi connectivity index (χ1n) is 8.22. The van der Waals surface area contributed by atoms with Gasteiger partial charge in [0.15, 0.2) is 0 Å². The molecule has 0 radical (unpaired) electrons. The van der Waals surface area contributed by atoms with Crippen LogP contribution in [0.15, 0.2) is 24.4 Å². The van der Waals surface area contributed by atoms with Crippen LogP contribution in [0.25, 0.3) is 10.9 Å². The molecule has 1 aromatic carbocycles. The fourth-order valence-corrected chi connectivity index (χ4v) is 2.79. The summed E-state index contributed by atoms with van der Waals surface area (Å²) in [5.74, 6) is -1.12. The van der Waals surface area contributed by atoms with Crippen molar-refractivity contribution in [2.45, 2.75) is 25.8 Å². The van der Waals surface area contributed by atoms with E-state index >= 15 is 0 Å². The van der Waals surface area contributed by atoms with Gasteiger partial charge in [0.2, 0.25) is 11.9 Å². The molecule has 2 aromatic rings. The quantitative estimate of drug-likeness (QED) is 0.396. The average molecular weight is 362 g/mol. The number of fused-ring (bicyclic) bond motifs is 1. The highest BCUT2D eigenvalue weighted by molar-refractivity contribution is 6.07. The summed E-state index contributed by atoms with van der Waals surface area (Å²) in [6.45, 7) is 3.35. The molecule has 8 heteroatoms. The number of aromatic amines is 1. The van der Waals surface area contributed by atoms with Gasteiger partial charge in [0.25, 0.3) is 0 Å². The van der Waals surface area contributed by atoms with Gasteiger partial charge in [-0.3, -0.25) is 4.79 Å². The van der Waals surface area contributed by atoms with E-state index in [0.29, 0.717) is 17.7 Å². The van der Waals surface area contributed by atoms with Gasteiger partial charge in [0.05, 0.1) is 25.8 Å². The molecule has 0 saturated heterocycles. The Morgan fingerprint density at radius 1 is 1.19 bits per heavy atom. The number of methoxy groups -OCH3 is 1. The Balaban J connectivity index is 2.54. The van der Waals surface area contributed by atoms with Crippen molar-refractivity contribution < 1.29 is 28.6 Å². The van der Waals surface area contributed by atoms with Crippen molar-refractivity contribution in [2.75, 3.05) is 20.3 Å². The van der Waals surface area contributed by atoms with Gasteiger partial charge < -0.3 is 24.5 Å². The molecule has 0 spiro atoms. The Morgan fingerprint density at radius 2 is 1.85 bits per heavy atom. The summed E-state index contributed by atoms with van der Waals surface area (Å²) in [4.78, 5) is 39.4. The summed E-state index contributed by atoms with van der Waals surface area (Å²) in [6.07, 6.45) is 1.83. The molecule has 1 amide bonds. The fourth-order valence-electron chi connectivity index (χ4n) is 2.79. The highest BCUT2D eigenvalue weighted by Crippen LogP contribution is 2.30. The highest BCUT2D eigenvalue weighted by Gasteiger charge is 2.49. The minimum Gasteiger partial charge on any atom is -0.495 e. The molecule has 0 unspecified atom stereocenters. The Morgan fingerprint density at radius 3 is 2.38 bits per heavy atom. The third kappa shape index (κ3) is 3.49. The molecule has 8 nitrogen and oxygen atoms in total. The van der Waals surface area contributed by atoms with E-state index in [1.54, 1.807) is 39.3 Å². The molecule has 140 valence electrons. The second-order valence-electron chi connectivity index (χ2n) is 5.48. The van der Waals surface area contributed by atoms with E-state index in [4.69, 9.17) is 14.2 Å². The van der Waals surface area contributed by atoms with Crippen LogP contribution in [0.4, 0.5) is 0 Å². The smallest absolute Gasteiger partial charge is 0.344 e. The van der Waals surface area contributed by atoms with E-state index in [0.717, 1.165) is 10.9 Å². The SMILES string of the molecule is CCOC(=O)C(Cc1c[nH]c2c(OC)cccc12)(NC=O)C(=O)OCC. The largest absolute Gasteiger partial charge is 0.495 e. The standard InChI is InChI=1S/C18H22N2O6/c1-4-25-16(22)18(20-11-21,17(23)26-5-2)9-12-10-19-15-13(12)7-6-8-14(15)24-3/h6-8,10-11,19H,4-5,9H2,1-3H3,(H,20,21). The molecular weight excluding hydrogens is 340 g/mol. The predicted molar refractivity (Wildman–Crippen MR) is 93.8 cm³/mol. The Hall–Kier alpha value is -3.03. The molecule has 1 aromatic heterocycles. The van der Waals surface area contributed by atoms with E-state index < -0.39 is 17.5 Å². The number of H-pyrrole nitrogens is 1. The van der Waals surface area contributed by atoms with Gasteiger partial charge in [-0.2, -0.15) is 0 Å². The molecule has 1 heterocycles. The van der Waals surface area contributed by atoms with Crippen molar-refractivity contribution in [3.63, 3.8) is 0 Å². The molecule has 0 aliphatic carbocycles. The van der Waals surface area contributed by atoms with Gasteiger partial charge in [-0.25, -0.2) is 9.59 Å². The van der Waals surface area contributed by atoms with Gasteiger partial charge in [-0.15, -0.1) is 0 Å². The van der Waals surface area contributed by atoms with Gasteiger partial charge in [0, 0.05) is 18.0 Å². The maximum atomic E-state index is 12.6. The van der Waals surface area contributed by atoms with Crippen LogP contribution in [0, 0.1) is 0 Å². The van der Waals surface area contributed by atoms with Crippen LogP contribution in [0.1, 0.15) is 19.4 Å². The number of nitrogens with one attached hydrogen (secondary N) is 2. The number of hydrogen-bond donors (Lipinski definition) is 2. The molecule has 0 bridgehead atoms. The minimum atomic E-state index is -1.97. The summed E-state index contributed by atoms with van der Waals surface area (Å²) in [5.41, 5.74) is -0.613. The second-order valence-corrected chi connectivity index (χ2v) is 5.48. The lowest BCUT2D eigenvalue weighted by Crippen LogP contribution is -2.60. The lowest BCUT2D eigenvalue weighted by atomic mass is 9.90. The van der Waals surface area contributed by atoms with Crippen molar-refractivity contribution in [3.8, 4) is 5.75 Å². The third-order valence-corrected chi connectivity index (χ3v) is 3.99. The van der Waals surface area contributed by atoms with Crippen molar-refractivity contribution in [1.82, 2.24) is 10.3 Å². The molecule has 0 fully saturated rings. The first kappa shape index (κ1) is 19.3. The van der Waals surface area contributed by atoms with Crippen molar-refractivity contribution in [2.24, 2.45) is 0 Å². The molecule has 0 aliphatic rings. The second kappa shape index (κ2) is 8.37. The van der Waals surface area contributed by atoms with E-state index in [2.05, 4.69) is 10.3 Å². The van der Waals surface area contributed by atoms with Crippen LogP contribution in [-0.4, -0.2) is 49.2 Å². The number of carbonyl (C=O) groups is 3. The average Bonchev–Trinajstić information content (AvgIpc) is 3.04. The zero-order chi connectivity index (χ0) is 19.2. The first-order valence-corrected chi connectivity index (χ1v) is 8.22. The predicted octanol–water partition coefficient (Wildman–Crippen LogP) is 1.33. The maximum Gasteiger partial charge on any atom is 0.344 e. The molecule has 0 saturated carbocycles. The highest BCUT2D eigenvalue weighted by atomic mass is 16.6. The number of hydrogen-bond acceptors (Lipinski definition) is 6. The van der Waals surface area contributed by atoms with E-state index in [-0.39, 0.29) is 19.6 Å². The summed E-state index contributed by atoms with van der Waals surface area (Å²) < 4.78 is 15.4. The Labute approximate surface area is 150 Å². The molecule has 2 N–H and O–H groups in total. The molecule has 2 rings (SSSR count). The molecule has 26 heavy (non-hydrogen) atoms. The van der Waals surface area contributed by atoms with E-state index in [1.807, 2.05) is 6.07 Å². The number of aromatic nitrogens is 1. The third-order valence-electron chi connectivity index (χ3n) is 3.99. The van der Waals surface area contributed by atoms with Crippen LogP contribution in [-0.2, 0) is 30.3 Å². The summed E-state index contributed by atoms with van der Waals surface area (Å²) >= 11 is 0. The molecule has 0 aliphatic heterocycles. The van der Waals surface area contributed by atoms with Crippen LogP contribution in [0.3, 0.4) is 0 Å². The normalized spacial score (nSPS) is 11.0. The first-order chi connectivity index (χ1) is 12.5. The van der Waals surface area contributed by atoms with Crippen molar-refractivity contribution >= 4 is 29.3 Å². The summed E-state index contributed by atoms with van der Waals surface area (Å²) in [5, 5.41) is 3.08. The number of ether oxygens (including phenoxy) is 3. The Kier molecular flexibility index (Phi) is 6.21. The number of benzene rings is 1. The zero-order valence-electron chi connectivity index (χ0n) is 15.0. The van der Waals surface area contributed by atoms with Crippen molar-refractivity contribution in [1.29, 1.82) is 0 Å².